The first-order valence-electron chi connectivity index (χ1n) is 8.32. The molecule has 3 aliphatic heterocycles. The van der Waals surface area contributed by atoms with Crippen LogP contribution in [0.5, 0.6) is 0 Å². The minimum atomic E-state index is -0.737. The van der Waals surface area contributed by atoms with E-state index in [1.165, 1.54) is 11.1 Å². The maximum absolute atomic E-state index is 11.0. The van der Waals surface area contributed by atoms with Gasteiger partial charge in [0.2, 0.25) is 0 Å². The number of rotatable bonds is 1. The molecule has 3 heterocycles. The van der Waals surface area contributed by atoms with Gasteiger partial charge >= 0.3 is 0 Å². The molecule has 5 aliphatic rings. The Morgan fingerprint density at radius 1 is 1.00 bits per heavy atom. The molecule has 0 spiro atoms. The van der Waals surface area contributed by atoms with E-state index in [0.717, 1.165) is 43.6 Å². The average molecular weight is 303 g/mol. The minimum Gasteiger partial charge on any atom is -0.383 e. The van der Waals surface area contributed by atoms with Crippen LogP contribution in [0.2, 0.25) is 0 Å². The van der Waals surface area contributed by atoms with Crippen molar-refractivity contribution < 1.29 is 5.11 Å². The van der Waals surface area contributed by atoms with E-state index < -0.39 is 5.60 Å². The first kappa shape index (κ1) is 14.5. The SMILES string of the molecule is C#Cc1ccccc1C1(O)CN2CCC1CC2.c1cc2ccc1-2. The van der Waals surface area contributed by atoms with Gasteiger partial charge in [-0.3, -0.25) is 0 Å². The van der Waals surface area contributed by atoms with Crippen LogP contribution in [0.25, 0.3) is 11.1 Å². The van der Waals surface area contributed by atoms with Gasteiger partial charge in [-0.1, -0.05) is 48.4 Å². The molecule has 1 N–H and O–H groups in total. The third-order valence-corrected chi connectivity index (χ3v) is 5.49. The summed E-state index contributed by atoms with van der Waals surface area (Å²) in [6, 6.07) is 16.3. The summed E-state index contributed by atoms with van der Waals surface area (Å²) in [7, 11) is 0. The number of aliphatic hydroxyl groups is 1. The predicted octanol–water partition coefficient (Wildman–Crippen LogP) is 3.25. The van der Waals surface area contributed by atoms with E-state index in [1.807, 2.05) is 24.3 Å². The fourth-order valence-corrected chi connectivity index (χ4v) is 3.99. The third-order valence-electron chi connectivity index (χ3n) is 5.49. The summed E-state index contributed by atoms with van der Waals surface area (Å²) in [4.78, 5) is 2.34. The summed E-state index contributed by atoms with van der Waals surface area (Å²) in [5.74, 6) is 3.06. The molecule has 0 amide bonds. The van der Waals surface area contributed by atoms with Gasteiger partial charge in [-0.05, 0) is 49.0 Å². The van der Waals surface area contributed by atoms with Gasteiger partial charge in [0, 0.05) is 17.7 Å². The highest BCUT2D eigenvalue weighted by molar-refractivity contribution is 5.75. The van der Waals surface area contributed by atoms with Gasteiger partial charge < -0.3 is 10.0 Å². The molecule has 6 rings (SSSR count). The minimum absolute atomic E-state index is 0.363. The molecule has 2 heteroatoms. The van der Waals surface area contributed by atoms with Gasteiger partial charge in [0.05, 0.1) is 0 Å². The molecule has 1 unspecified atom stereocenters. The lowest BCUT2D eigenvalue weighted by Crippen LogP contribution is -2.57. The molecular weight excluding hydrogens is 282 g/mol. The fraction of sp³-hybridized carbons (Fsp3) is 0.333. The smallest absolute Gasteiger partial charge is 0.106 e. The van der Waals surface area contributed by atoms with Crippen LogP contribution in [0.1, 0.15) is 24.0 Å². The molecule has 2 aliphatic carbocycles. The predicted molar refractivity (Wildman–Crippen MR) is 92.9 cm³/mol. The molecule has 0 radical (unpaired) electrons. The molecule has 0 saturated carbocycles. The Bertz CT molecular complexity index is 729. The highest BCUT2D eigenvalue weighted by Gasteiger charge is 2.47. The van der Waals surface area contributed by atoms with Crippen molar-refractivity contribution in [2.24, 2.45) is 5.92 Å². The highest BCUT2D eigenvalue weighted by Crippen LogP contribution is 2.43. The summed E-state index contributed by atoms with van der Waals surface area (Å²) < 4.78 is 0. The molecule has 1 aromatic rings. The van der Waals surface area contributed by atoms with Crippen molar-refractivity contribution in [1.82, 2.24) is 4.90 Å². The van der Waals surface area contributed by atoms with Crippen molar-refractivity contribution in [2.45, 2.75) is 18.4 Å². The van der Waals surface area contributed by atoms with Gasteiger partial charge in [-0.25, -0.2) is 0 Å². The third kappa shape index (κ3) is 2.37. The molecule has 2 bridgehead atoms. The largest absolute Gasteiger partial charge is 0.383 e. The second-order valence-corrected chi connectivity index (χ2v) is 6.74. The Labute approximate surface area is 137 Å². The summed E-state index contributed by atoms with van der Waals surface area (Å²) in [5, 5.41) is 11.0. The van der Waals surface area contributed by atoms with Crippen molar-refractivity contribution in [3.05, 3.63) is 59.7 Å². The molecule has 0 aromatic heterocycles. The Kier molecular flexibility index (Phi) is 3.49. The number of nitrogens with zero attached hydrogens (tertiary/aromatic N) is 1. The molecule has 2 nitrogen and oxygen atoms in total. The number of fused-ring (bicyclic) bond motifs is 4. The second-order valence-electron chi connectivity index (χ2n) is 6.74. The van der Waals surface area contributed by atoms with Gasteiger partial charge in [0.1, 0.15) is 5.60 Å². The monoisotopic (exact) mass is 303 g/mol. The summed E-state index contributed by atoms with van der Waals surface area (Å²) >= 11 is 0. The molecule has 116 valence electrons. The van der Waals surface area contributed by atoms with E-state index in [0.29, 0.717) is 5.92 Å². The normalized spacial score (nSPS) is 29.2. The van der Waals surface area contributed by atoms with Crippen molar-refractivity contribution in [2.75, 3.05) is 19.6 Å². The molecule has 1 atom stereocenters. The van der Waals surface area contributed by atoms with Crippen LogP contribution in [0.4, 0.5) is 0 Å². The van der Waals surface area contributed by atoms with Gasteiger partial charge in [-0.15, -0.1) is 6.42 Å². The molecule has 3 fully saturated rings. The van der Waals surface area contributed by atoms with Crippen LogP contribution in [-0.4, -0.2) is 29.6 Å². The van der Waals surface area contributed by atoms with E-state index in [-0.39, 0.29) is 0 Å². The zero-order valence-electron chi connectivity index (χ0n) is 13.2. The highest BCUT2D eigenvalue weighted by atomic mass is 16.3. The Morgan fingerprint density at radius 3 is 2.04 bits per heavy atom. The topological polar surface area (TPSA) is 23.5 Å². The van der Waals surface area contributed by atoms with Crippen LogP contribution in [0.3, 0.4) is 0 Å². The first-order valence-corrected chi connectivity index (χ1v) is 8.32. The van der Waals surface area contributed by atoms with Crippen molar-refractivity contribution in [1.29, 1.82) is 0 Å². The van der Waals surface area contributed by atoms with Crippen LogP contribution in [0, 0.1) is 18.3 Å². The van der Waals surface area contributed by atoms with Crippen molar-refractivity contribution in [3.8, 4) is 23.5 Å². The van der Waals surface area contributed by atoms with Crippen LogP contribution >= 0.6 is 0 Å². The van der Waals surface area contributed by atoms with Crippen LogP contribution < -0.4 is 0 Å². The van der Waals surface area contributed by atoms with Crippen molar-refractivity contribution in [3.63, 3.8) is 0 Å². The van der Waals surface area contributed by atoms with Crippen LogP contribution in [0.15, 0.2) is 48.5 Å². The van der Waals surface area contributed by atoms with E-state index in [9.17, 15) is 5.11 Å². The maximum Gasteiger partial charge on any atom is 0.106 e. The Hall–Kier alpha value is -2.08. The van der Waals surface area contributed by atoms with Gasteiger partial charge in [0.15, 0.2) is 0 Å². The summed E-state index contributed by atoms with van der Waals surface area (Å²) in [5.41, 5.74) is 3.89. The lowest BCUT2D eigenvalue weighted by Gasteiger charge is -2.50. The average Bonchev–Trinajstić information content (AvgIpc) is 2.59. The first-order chi connectivity index (χ1) is 11.2. The summed E-state index contributed by atoms with van der Waals surface area (Å²) in [6.45, 7) is 2.97. The fourth-order valence-electron chi connectivity index (χ4n) is 3.99. The standard InChI is InChI=1S/C15H17NO.C6H4/c1-2-12-5-3-4-6-14(12)15(17)11-16-9-7-13(15)8-10-16;1-2-6-4-3-5(1)6/h1,3-6,13,17H,7-11H2;1-4H. The van der Waals surface area contributed by atoms with E-state index in [2.05, 4.69) is 35.1 Å². The quantitative estimate of drug-likeness (QED) is 0.698. The molecule has 1 aromatic carbocycles. The molecule has 3 saturated heterocycles. The molecular formula is C21H21NO. The number of hydrogen-bond donors (Lipinski definition) is 1. The second kappa shape index (κ2) is 5.53. The van der Waals surface area contributed by atoms with Crippen LogP contribution in [-0.2, 0) is 5.60 Å². The number of hydrogen-bond acceptors (Lipinski definition) is 2. The Morgan fingerprint density at radius 2 is 1.61 bits per heavy atom. The van der Waals surface area contributed by atoms with Gasteiger partial charge in [-0.2, -0.15) is 0 Å². The number of terminal acetylenes is 1. The van der Waals surface area contributed by atoms with Crippen molar-refractivity contribution >= 4 is 0 Å². The lowest BCUT2D eigenvalue weighted by atomic mass is 9.70. The van der Waals surface area contributed by atoms with E-state index in [1.54, 1.807) is 0 Å². The van der Waals surface area contributed by atoms with E-state index in [4.69, 9.17) is 6.42 Å². The molecule has 23 heavy (non-hydrogen) atoms. The number of piperidine rings is 3. The zero-order chi connectivity index (χ0) is 15.9. The summed E-state index contributed by atoms with van der Waals surface area (Å²) in [6.07, 6.45) is 7.70. The number of benzene rings is 2. The maximum atomic E-state index is 11.0. The Balaban J connectivity index is 0.000000186. The lowest BCUT2D eigenvalue weighted by molar-refractivity contribution is -0.117. The zero-order valence-corrected chi connectivity index (χ0v) is 13.2. The van der Waals surface area contributed by atoms with E-state index >= 15 is 0 Å². The van der Waals surface area contributed by atoms with Gasteiger partial charge in [0.25, 0.3) is 0 Å².